The van der Waals surface area contributed by atoms with Crippen molar-refractivity contribution in [2.24, 2.45) is 0 Å². The summed E-state index contributed by atoms with van der Waals surface area (Å²) in [5.41, 5.74) is 5.79. The molecule has 1 saturated carbocycles. The highest BCUT2D eigenvalue weighted by atomic mass is 19.1. The number of hydrogen-bond donors (Lipinski definition) is 3. The smallest absolute Gasteiger partial charge is 0.327 e. The van der Waals surface area contributed by atoms with Crippen LogP contribution in [0.4, 0.5) is 4.39 Å². The van der Waals surface area contributed by atoms with Crippen LogP contribution in [0.5, 0.6) is 0 Å². The van der Waals surface area contributed by atoms with Crippen molar-refractivity contribution >= 4 is 28.6 Å². The second kappa shape index (κ2) is 7.75. The topological polar surface area (TPSA) is 92.2 Å². The van der Waals surface area contributed by atoms with Crippen molar-refractivity contribution in [3.63, 3.8) is 0 Å². The van der Waals surface area contributed by atoms with E-state index in [0.717, 1.165) is 23.7 Å². The SMILES string of the molecule is O=C(NNC(=O)c1cc2ccccc2n1Cc1ccccc1F)C(=O)NC1CC1. The summed E-state index contributed by atoms with van der Waals surface area (Å²) in [7, 11) is 0. The number of amides is 3. The lowest BCUT2D eigenvalue weighted by atomic mass is 10.2. The maximum Gasteiger partial charge on any atom is 0.327 e. The number of aromatic nitrogens is 1. The van der Waals surface area contributed by atoms with E-state index in [2.05, 4.69) is 16.2 Å². The van der Waals surface area contributed by atoms with Crippen molar-refractivity contribution in [3.8, 4) is 0 Å². The van der Waals surface area contributed by atoms with Gasteiger partial charge < -0.3 is 9.88 Å². The molecule has 1 heterocycles. The predicted molar refractivity (Wildman–Crippen MR) is 104 cm³/mol. The molecule has 1 aliphatic carbocycles. The summed E-state index contributed by atoms with van der Waals surface area (Å²) >= 11 is 0. The Morgan fingerprint density at radius 2 is 1.69 bits per heavy atom. The maximum absolute atomic E-state index is 14.2. The fraction of sp³-hybridized carbons (Fsp3) is 0.190. The highest BCUT2D eigenvalue weighted by molar-refractivity contribution is 6.35. The normalized spacial score (nSPS) is 13.1. The van der Waals surface area contributed by atoms with E-state index in [1.54, 1.807) is 28.8 Å². The molecule has 0 bridgehead atoms. The fourth-order valence-electron chi connectivity index (χ4n) is 3.08. The van der Waals surface area contributed by atoms with Crippen LogP contribution in [0.1, 0.15) is 28.9 Å². The fourth-order valence-corrected chi connectivity index (χ4v) is 3.08. The molecular weight excluding hydrogens is 375 g/mol. The zero-order chi connectivity index (χ0) is 20.4. The first-order chi connectivity index (χ1) is 14.0. The van der Waals surface area contributed by atoms with Crippen LogP contribution in [0.2, 0.25) is 0 Å². The van der Waals surface area contributed by atoms with Gasteiger partial charge in [0.05, 0.1) is 6.54 Å². The first-order valence-electron chi connectivity index (χ1n) is 9.26. The van der Waals surface area contributed by atoms with Crippen LogP contribution in [0.3, 0.4) is 0 Å². The summed E-state index contributed by atoms with van der Waals surface area (Å²) in [4.78, 5) is 36.2. The van der Waals surface area contributed by atoms with Gasteiger partial charge in [0.2, 0.25) is 0 Å². The number of hydrazine groups is 1. The number of fused-ring (bicyclic) bond motifs is 1. The summed E-state index contributed by atoms with van der Waals surface area (Å²) in [5.74, 6) is -2.71. The van der Waals surface area contributed by atoms with Crippen LogP contribution in [0, 0.1) is 5.82 Å². The first kappa shape index (κ1) is 18.7. The Kier molecular flexibility index (Phi) is 4.99. The van der Waals surface area contributed by atoms with Crippen molar-refractivity contribution in [2.75, 3.05) is 0 Å². The number of para-hydroxylation sites is 1. The van der Waals surface area contributed by atoms with Crippen molar-refractivity contribution in [2.45, 2.75) is 25.4 Å². The van der Waals surface area contributed by atoms with Crippen LogP contribution < -0.4 is 16.2 Å². The molecule has 3 aromatic rings. The molecule has 0 radical (unpaired) electrons. The highest BCUT2D eigenvalue weighted by Crippen LogP contribution is 2.22. The second-order valence-corrected chi connectivity index (χ2v) is 6.92. The van der Waals surface area contributed by atoms with E-state index in [0.29, 0.717) is 5.56 Å². The number of benzene rings is 2. The molecule has 1 fully saturated rings. The van der Waals surface area contributed by atoms with Crippen LogP contribution in [-0.2, 0) is 16.1 Å². The van der Waals surface area contributed by atoms with Gasteiger partial charge in [-0.15, -0.1) is 0 Å². The monoisotopic (exact) mass is 394 g/mol. The molecule has 0 saturated heterocycles. The number of rotatable bonds is 4. The van der Waals surface area contributed by atoms with Gasteiger partial charge >= 0.3 is 11.8 Å². The van der Waals surface area contributed by atoms with Crippen molar-refractivity contribution in [1.29, 1.82) is 0 Å². The van der Waals surface area contributed by atoms with E-state index >= 15 is 0 Å². The Labute approximate surface area is 165 Å². The Morgan fingerprint density at radius 1 is 0.966 bits per heavy atom. The summed E-state index contributed by atoms with van der Waals surface area (Å²) < 4.78 is 15.8. The van der Waals surface area contributed by atoms with Crippen LogP contribution in [-0.4, -0.2) is 28.3 Å². The van der Waals surface area contributed by atoms with E-state index in [1.807, 2.05) is 24.3 Å². The number of nitrogens with one attached hydrogen (secondary N) is 3. The van der Waals surface area contributed by atoms with Crippen LogP contribution >= 0.6 is 0 Å². The third kappa shape index (κ3) is 4.11. The van der Waals surface area contributed by atoms with E-state index in [9.17, 15) is 18.8 Å². The molecule has 0 aliphatic heterocycles. The lowest BCUT2D eigenvalue weighted by molar-refractivity contribution is -0.139. The van der Waals surface area contributed by atoms with Gasteiger partial charge in [0.25, 0.3) is 5.91 Å². The Morgan fingerprint density at radius 3 is 2.45 bits per heavy atom. The van der Waals surface area contributed by atoms with Crippen molar-refractivity contribution in [3.05, 3.63) is 71.7 Å². The minimum Gasteiger partial charge on any atom is -0.345 e. The third-order valence-electron chi connectivity index (χ3n) is 4.74. The first-order valence-corrected chi connectivity index (χ1v) is 9.26. The molecule has 29 heavy (non-hydrogen) atoms. The Bertz CT molecular complexity index is 1100. The lowest BCUT2D eigenvalue weighted by Crippen LogP contribution is -2.49. The summed E-state index contributed by atoms with van der Waals surface area (Å²) in [6, 6.07) is 15.3. The average Bonchev–Trinajstić information content (AvgIpc) is 3.46. The molecule has 1 aliphatic rings. The molecule has 0 atom stereocenters. The molecule has 4 rings (SSSR count). The average molecular weight is 394 g/mol. The molecule has 148 valence electrons. The van der Waals surface area contributed by atoms with E-state index in [4.69, 9.17) is 0 Å². The summed E-state index contributed by atoms with van der Waals surface area (Å²) in [6.45, 7) is 0.138. The van der Waals surface area contributed by atoms with Gasteiger partial charge in [-0.2, -0.15) is 0 Å². The summed E-state index contributed by atoms with van der Waals surface area (Å²) in [6.07, 6.45) is 1.70. The molecular formula is C21H19FN4O3. The number of halogens is 1. The quantitative estimate of drug-likeness (QED) is 0.466. The van der Waals surface area contributed by atoms with E-state index in [1.165, 1.54) is 6.07 Å². The number of carbonyl (C=O) groups is 3. The van der Waals surface area contributed by atoms with Crippen molar-refractivity contribution in [1.82, 2.24) is 20.7 Å². The van der Waals surface area contributed by atoms with E-state index in [-0.39, 0.29) is 24.1 Å². The summed E-state index contributed by atoms with van der Waals surface area (Å²) in [5, 5.41) is 3.34. The lowest BCUT2D eigenvalue weighted by Gasteiger charge is -2.12. The van der Waals surface area contributed by atoms with Gasteiger partial charge in [0.15, 0.2) is 0 Å². The van der Waals surface area contributed by atoms with Gasteiger partial charge in [0, 0.05) is 22.5 Å². The maximum atomic E-state index is 14.2. The largest absolute Gasteiger partial charge is 0.345 e. The van der Waals surface area contributed by atoms with Crippen LogP contribution in [0.25, 0.3) is 10.9 Å². The number of hydrogen-bond acceptors (Lipinski definition) is 3. The van der Waals surface area contributed by atoms with Crippen molar-refractivity contribution < 1.29 is 18.8 Å². The van der Waals surface area contributed by atoms with Gasteiger partial charge in [-0.05, 0) is 31.0 Å². The number of carbonyl (C=O) groups excluding carboxylic acids is 3. The molecule has 3 amide bonds. The standard InChI is InChI=1S/C21H19FN4O3/c22-16-7-3-1-6-14(16)12-26-17-8-4-2-5-13(17)11-18(26)19(27)24-25-21(29)20(28)23-15-9-10-15/h1-8,11,15H,9-10,12H2,(H,23,28)(H,24,27)(H,25,29). The molecule has 7 nitrogen and oxygen atoms in total. The minimum atomic E-state index is -0.943. The van der Waals surface area contributed by atoms with Gasteiger partial charge in [-0.1, -0.05) is 36.4 Å². The molecule has 0 spiro atoms. The zero-order valence-corrected chi connectivity index (χ0v) is 15.4. The Hall–Kier alpha value is -3.68. The molecule has 0 unspecified atom stereocenters. The van der Waals surface area contributed by atoms with E-state index < -0.39 is 17.7 Å². The molecule has 3 N–H and O–H groups in total. The molecule has 1 aromatic heterocycles. The van der Waals surface area contributed by atoms with Gasteiger partial charge in [-0.3, -0.25) is 25.2 Å². The minimum absolute atomic E-state index is 0.0345. The van der Waals surface area contributed by atoms with Gasteiger partial charge in [0.1, 0.15) is 11.5 Å². The molecule has 8 heteroatoms. The Balaban J connectivity index is 1.55. The predicted octanol–water partition coefficient (Wildman–Crippen LogP) is 1.87. The van der Waals surface area contributed by atoms with Gasteiger partial charge in [-0.25, -0.2) is 4.39 Å². The zero-order valence-electron chi connectivity index (χ0n) is 15.4. The van der Waals surface area contributed by atoms with Crippen LogP contribution in [0.15, 0.2) is 54.6 Å². The molecule has 2 aromatic carbocycles. The highest BCUT2D eigenvalue weighted by Gasteiger charge is 2.26. The third-order valence-corrected chi connectivity index (χ3v) is 4.74. The second-order valence-electron chi connectivity index (χ2n) is 6.92. The number of nitrogens with zero attached hydrogens (tertiary/aromatic N) is 1.